The third-order valence-electron chi connectivity index (χ3n) is 2.45. The molecule has 1 aliphatic rings. The zero-order valence-electron chi connectivity index (χ0n) is 8.19. The molecule has 2 heterocycles. The van der Waals surface area contributed by atoms with Crippen LogP contribution in [0.25, 0.3) is 11.3 Å². The molecule has 0 bridgehead atoms. The molecule has 3 heteroatoms. The molecule has 0 spiro atoms. The lowest BCUT2D eigenvalue weighted by Crippen LogP contribution is -2.15. The molecule has 1 aromatic heterocycles. The Bertz CT molecular complexity index is 462. The molecule has 0 atom stereocenters. The number of aromatic nitrogens is 1. The van der Waals surface area contributed by atoms with Gasteiger partial charge in [-0.3, -0.25) is 0 Å². The van der Waals surface area contributed by atoms with Crippen LogP contribution in [0.4, 0.5) is 0 Å². The fourth-order valence-corrected chi connectivity index (χ4v) is 1.72. The smallest absolute Gasteiger partial charge is 0.162 e. The van der Waals surface area contributed by atoms with Crippen LogP contribution in [0.1, 0.15) is 0 Å². The molecule has 15 heavy (non-hydrogen) atoms. The van der Waals surface area contributed by atoms with E-state index in [-0.39, 0.29) is 0 Å². The molecule has 0 radical (unpaired) electrons. The lowest BCUT2D eigenvalue weighted by Gasteiger charge is -2.18. The van der Waals surface area contributed by atoms with E-state index in [0.29, 0.717) is 13.2 Å². The van der Waals surface area contributed by atoms with Crippen LogP contribution in [-0.4, -0.2) is 18.2 Å². The maximum Gasteiger partial charge on any atom is 0.162 e. The van der Waals surface area contributed by atoms with E-state index in [1.165, 1.54) is 0 Å². The lowest BCUT2D eigenvalue weighted by molar-refractivity contribution is 0.171. The zero-order chi connectivity index (χ0) is 10.1. The second-order valence-electron chi connectivity index (χ2n) is 3.44. The number of rotatable bonds is 1. The molecule has 0 saturated heterocycles. The average molecular weight is 201 g/mol. The van der Waals surface area contributed by atoms with Crippen LogP contribution < -0.4 is 9.47 Å². The van der Waals surface area contributed by atoms with Gasteiger partial charge in [-0.05, 0) is 30.3 Å². The third kappa shape index (κ3) is 1.46. The summed E-state index contributed by atoms with van der Waals surface area (Å²) < 4.78 is 11.0. The molecular formula is C12H11NO2. The first kappa shape index (κ1) is 8.41. The molecule has 1 aromatic carbocycles. The third-order valence-corrected chi connectivity index (χ3v) is 2.45. The molecule has 3 nitrogen and oxygen atoms in total. The van der Waals surface area contributed by atoms with Crippen LogP contribution in [0.5, 0.6) is 11.5 Å². The Kier molecular flexibility index (Phi) is 1.88. The summed E-state index contributed by atoms with van der Waals surface area (Å²) in [6.45, 7) is 1.26. The lowest BCUT2D eigenvalue weighted by atomic mass is 10.1. The second-order valence-corrected chi connectivity index (χ2v) is 3.44. The van der Waals surface area contributed by atoms with Gasteiger partial charge in [-0.1, -0.05) is 0 Å². The molecule has 1 aliphatic heterocycles. The van der Waals surface area contributed by atoms with Crippen LogP contribution in [0.15, 0.2) is 36.5 Å². The Morgan fingerprint density at radius 1 is 1.00 bits per heavy atom. The predicted molar refractivity (Wildman–Crippen MR) is 57.2 cm³/mol. The molecule has 0 aliphatic carbocycles. The first-order chi connectivity index (χ1) is 7.43. The summed E-state index contributed by atoms with van der Waals surface area (Å²) >= 11 is 0. The van der Waals surface area contributed by atoms with E-state index in [2.05, 4.69) is 4.98 Å². The SMILES string of the molecule is c1c[nH]c(-c2ccc3c(c2)OCCO3)c1. The summed E-state index contributed by atoms with van der Waals surface area (Å²) in [6, 6.07) is 9.99. The summed E-state index contributed by atoms with van der Waals surface area (Å²) in [6.07, 6.45) is 1.91. The van der Waals surface area contributed by atoms with Gasteiger partial charge in [0.05, 0.1) is 0 Å². The van der Waals surface area contributed by atoms with Crippen molar-refractivity contribution in [2.45, 2.75) is 0 Å². The van der Waals surface area contributed by atoms with Gasteiger partial charge >= 0.3 is 0 Å². The number of nitrogens with one attached hydrogen (secondary N) is 1. The Morgan fingerprint density at radius 3 is 2.67 bits per heavy atom. The Labute approximate surface area is 87.6 Å². The average Bonchev–Trinajstić information content (AvgIpc) is 2.82. The van der Waals surface area contributed by atoms with Gasteiger partial charge in [-0.15, -0.1) is 0 Å². The molecule has 76 valence electrons. The molecule has 2 aromatic rings. The summed E-state index contributed by atoms with van der Waals surface area (Å²) in [4.78, 5) is 3.16. The fraction of sp³-hybridized carbons (Fsp3) is 0.167. The topological polar surface area (TPSA) is 34.2 Å². The van der Waals surface area contributed by atoms with Gasteiger partial charge < -0.3 is 14.5 Å². The van der Waals surface area contributed by atoms with Crippen molar-refractivity contribution in [3.05, 3.63) is 36.5 Å². The Hall–Kier alpha value is -1.90. The number of aromatic amines is 1. The number of hydrogen-bond acceptors (Lipinski definition) is 2. The quantitative estimate of drug-likeness (QED) is 0.769. The first-order valence-corrected chi connectivity index (χ1v) is 4.97. The maximum absolute atomic E-state index is 5.52. The largest absolute Gasteiger partial charge is 0.486 e. The molecule has 0 amide bonds. The van der Waals surface area contributed by atoms with E-state index in [9.17, 15) is 0 Å². The number of hydrogen-bond donors (Lipinski definition) is 1. The highest BCUT2D eigenvalue weighted by Gasteiger charge is 2.12. The van der Waals surface area contributed by atoms with Gasteiger partial charge in [-0.25, -0.2) is 0 Å². The zero-order valence-corrected chi connectivity index (χ0v) is 8.19. The normalized spacial score (nSPS) is 13.9. The van der Waals surface area contributed by atoms with Crippen LogP contribution in [-0.2, 0) is 0 Å². The van der Waals surface area contributed by atoms with Crippen LogP contribution >= 0.6 is 0 Å². The fourth-order valence-electron chi connectivity index (χ4n) is 1.72. The van der Waals surface area contributed by atoms with Gasteiger partial charge in [-0.2, -0.15) is 0 Å². The highest BCUT2D eigenvalue weighted by molar-refractivity contribution is 5.64. The van der Waals surface area contributed by atoms with Crippen molar-refractivity contribution in [3.8, 4) is 22.8 Å². The van der Waals surface area contributed by atoms with E-state index < -0.39 is 0 Å². The van der Waals surface area contributed by atoms with Gasteiger partial charge in [0.25, 0.3) is 0 Å². The van der Waals surface area contributed by atoms with Crippen molar-refractivity contribution in [2.75, 3.05) is 13.2 Å². The first-order valence-electron chi connectivity index (χ1n) is 4.97. The van der Waals surface area contributed by atoms with Crippen molar-refractivity contribution in [1.29, 1.82) is 0 Å². The number of ether oxygens (including phenoxy) is 2. The van der Waals surface area contributed by atoms with Gasteiger partial charge in [0.15, 0.2) is 11.5 Å². The van der Waals surface area contributed by atoms with Crippen molar-refractivity contribution in [2.24, 2.45) is 0 Å². The minimum atomic E-state index is 0.626. The van der Waals surface area contributed by atoms with E-state index >= 15 is 0 Å². The molecule has 3 rings (SSSR count). The maximum atomic E-state index is 5.52. The standard InChI is InChI=1S/C12H11NO2/c1-2-10(13-5-1)9-3-4-11-12(8-9)15-7-6-14-11/h1-5,8,13H,6-7H2. The predicted octanol–water partition coefficient (Wildman–Crippen LogP) is 2.45. The van der Waals surface area contributed by atoms with Crippen molar-refractivity contribution >= 4 is 0 Å². The number of H-pyrrole nitrogens is 1. The van der Waals surface area contributed by atoms with Crippen molar-refractivity contribution in [3.63, 3.8) is 0 Å². The van der Waals surface area contributed by atoms with E-state index in [0.717, 1.165) is 22.8 Å². The number of fused-ring (bicyclic) bond motifs is 1. The van der Waals surface area contributed by atoms with E-state index in [1.807, 2.05) is 36.5 Å². The van der Waals surface area contributed by atoms with Gasteiger partial charge in [0.2, 0.25) is 0 Å². The number of benzene rings is 1. The summed E-state index contributed by atoms with van der Waals surface area (Å²) in [7, 11) is 0. The van der Waals surface area contributed by atoms with Gasteiger partial charge in [0, 0.05) is 17.5 Å². The Morgan fingerprint density at radius 2 is 1.87 bits per heavy atom. The summed E-state index contributed by atoms with van der Waals surface area (Å²) in [5.74, 6) is 1.66. The highest BCUT2D eigenvalue weighted by atomic mass is 16.6. The molecule has 0 fully saturated rings. The van der Waals surface area contributed by atoms with Gasteiger partial charge in [0.1, 0.15) is 13.2 Å². The second kappa shape index (κ2) is 3.35. The highest BCUT2D eigenvalue weighted by Crippen LogP contribution is 2.33. The molecule has 0 saturated carbocycles. The minimum Gasteiger partial charge on any atom is -0.486 e. The van der Waals surface area contributed by atoms with Crippen molar-refractivity contribution < 1.29 is 9.47 Å². The van der Waals surface area contributed by atoms with Crippen LogP contribution in [0, 0.1) is 0 Å². The van der Waals surface area contributed by atoms with E-state index in [1.54, 1.807) is 0 Å². The molecular weight excluding hydrogens is 190 g/mol. The summed E-state index contributed by atoms with van der Waals surface area (Å²) in [5, 5.41) is 0. The Balaban J connectivity index is 2.04. The van der Waals surface area contributed by atoms with Crippen LogP contribution in [0.3, 0.4) is 0 Å². The minimum absolute atomic E-state index is 0.626. The van der Waals surface area contributed by atoms with Crippen molar-refractivity contribution in [1.82, 2.24) is 4.98 Å². The molecule has 0 unspecified atom stereocenters. The summed E-state index contributed by atoms with van der Waals surface area (Å²) in [5.41, 5.74) is 2.20. The van der Waals surface area contributed by atoms with E-state index in [4.69, 9.17) is 9.47 Å². The molecule has 1 N–H and O–H groups in total. The monoisotopic (exact) mass is 201 g/mol. The van der Waals surface area contributed by atoms with Crippen LogP contribution in [0.2, 0.25) is 0 Å².